The van der Waals surface area contributed by atoms with Crippen LogP contribution in [0.25, 0.3) is 11.3 Å². The lowest BCUT2D eigenvalue weighted by atomic mass is 9.90. The van der Waals surface area contributed by atoms with Gasteiger partial charge >= 0.3 is 5.97 Å². The van der Waals surface area contributed by atoms with Crippen LogP contribution in [0, 0.1) is 5.41 Å². The highest BCUT2D eigenvalue weighted by Crippen LogP contribution is 2.36. The van der Waals surface area contributed by atoms with E-state index in [1.165, 1.54) is 42.5 Å². The van der Waals surface area contributed by atoms with Crippen molar-refractivity contribution in [3.8, 4) is 11.3 Å². The van der Waals surface area contributed by atoms with Crippen LogP contribution < -0.4 is 0 Å². The second-order valence-corrected chi connectivity index (χ2v) is 8.09. The minimum atomic E-state index is -0.690. The van der Waals surface area contributed by atoms with Gasteiger partial charge in [0.1, 0.15) is 0 Å². The molecule has 1 saturated carbocycles. The molecule has 2 aliphatic rings. The van der Waals surface area contributed by atoms with Gasteiger partial charge in [0, 0.05) is 24.2 Å². The molecule has 4 rings (SSSR count). The van der Waals surface area contributed by atoms with Crippen LogP contribution in [0.5, 0.6) is 0 Å². The number of hydrogen-bond donors (Lipinski definition) is 1. The molecule has 1 aliphatic heterocycles. The van der Waals surface area contributed by atoms with E-state index >= 15 is 0 Å². The maximum atomic E-state index is 11.5. The molecule has 26 heavy (non-hydrogen) atoms. The zero-order valence-electron chi connectivity index (χ0n) is 15.4. The molecule has 0 radical (unpaired) electrons. The minimum absolute atomic E-state index is 0.488. The first-order valence-corrected chi connectivity index (χ1v) is 9.64. The van der Waals surface area contributed by atoms with Gasteiger partial charge in [-0.15, -0.1) is 0 Å². The third-order valence-corrected chi connectivity index (χ3v) is 6.05. The number of carboxylic acid groups (broad SMARTS) is 1. The minimum Gasteiger partial charge on any atom is -0.481 e. The fraction of sp³-hybridized carbons (Fsp3) is 0.524. The quantitative estimate of drug-likeness (QED) is 0.884. The highest BCUT2D eigenvalue weighted by Gasteiger charge is 2.40. The summed E-state index contributed by atoms with van der Waals surface area (Å²) in [7, 11) is 0. The van der Waals surface area contributed by atoms with Crippen LogP contribution in [0.3, 0.4) is 0 Å². The van der Waals surface area contributed by atoms with Gasteiger partial charge < -0.3 is 5.11 Å². The van der Waals surface area contributed by atoms with E-state index in [0.29, 0.717) is 19.0 Å². The summed E-state index contributed by atoms with van der Waals surface area (Å²) in [6.07, 6.45) is 7.65. The first-order chi connectivity index (χ1) is 12.6. The Labute approximate surface area is 154 Å². The van der Waals surface area contributed by atoms with E-state index in [2.05, 4.69) is 33.8 Å². The highest BCUT2D eigenvalue weighted by molar-refractivity contribution is 5.75. The summed E-state index contributed by atoms with van der Waals surface area (Å²) < 4.78 is 2.23. The third kappa shape index (κ3) is 3.16. The molecule has 2 heterocycles. The lowest BCUT2D eigenvalue weighted by Crippen LogP contribution is -2.31. The molecule has 2 aromatic rings. The van der Waals surface area contributed by atoms with Crippen LogP contribution in [0.1, 0.15) is 50.6 Å². The van der Waals surface area contributed by atoms with E-state index in [-0.39, 0.29) is 0 Å². The molecule has 138 valence electrons. The Balaban J connectivity index is 1.63. The number of hydrogen-bond acceptors (Lipinski definition) is 3. The maximum Gasteiger partial charge on any atom is 0.310 e. The molecule has 2 fully saturated rings. The van der Waals surface area contributed by atoms with Gasteiger partial charge in [-0.25, -0.2) is 0 Å². The van der Waals surface area contributed by atoms with Crippen LogP contribution in [0.15, 0.2) is 36.5 Å². The maximum absolute atomic E-state index is 11.5. The number of aromatic nitrogens is 2. The summed E-state index contributed by atoms with van der Waals surface area (Å²) in [5, 5.41) is 14.3. The fourth-order valence-corrected chi connectivity index (χ4v) is 4.46. The first kappa shape index (κ1) is 17.3. The summed E-state index contributed by atoms with van der Waals surface area (Å²) in [4.78, 5) is 13.8. The van der Waals surface area contributed by atoms with Gasteiger partial charge in [0.05, 0.1) is 23.3 Å². The number of aliphatic carboxylic acids is 1. The van der Waals surface area contributed by atoms with E-state index in [9.17, 15) is 9.90 Å². The number of nitrogens with zero attached hydrogens (tertiary/aromatic N) is 3. The monoisotopic (exact) mass is 353 g/mol. The standard InChI is InChI=1S/C21H27N3O2/c1-21(20(25)26)11-12-23(15-21)14-17-13-22-24(18-9-5-6-10-18)19(17)16-7-3-2-4-8-16/h2-4,7-8,13,18H,5-6,9-12,14-15H2,1H3,(H,25,26). The number of carboxylic acids is 1. The lowest BCUT2D eigenvalue weighted by Gasteiger charge is -2.21. The third-order valence-electron chi connectivity index (χ3n) is 6.05. The van der Waals surface area contributed by atoms with Gasteiger partial charge in [-0.05, 0) is 32.7 Å². The molecule has 1 saturated heterocycles. The number of benzene rings is 1. The normalized spacial score (nSPS) is 24.3. The van der Waals surface area contributed by atoms with Crippen molar-refractivity contribution in [2.75, 3.05) is 13.1 Å². The van der Waals surface area contributed by atoms with Gasteiger partial charge in [-0.3, -0.25) is 14.4 Å². The van der Waals surface area contributed by atoms with Crippen LogP contribution in [-0.2, 0) is 11.3 Å². The summed E-state index contributed by atoms with van der Waals surface area (Å²) in [6.45, 7) is 4.05. The molecule has 5 nitrogen and oxygen atoms in total. The lowest BCUT2D eigenvalue weighted by molar-refractivity contribution is -0.147. The summed E-state index contributed by atoms with van der Waals surface area (Å²) in [6, 6.07) is 11.0. The smallest absolute Gasteiger partial charge is 0.310 e. The highest BCUT2D eigenvalue weighted by atomic mass is 16.4. The van der Waals surface area contributed by atoms with Crippen molar-refractivity contribution in [1.29, 1.82) is 0 Å². The van der Waals surface area contributed by atoms with Gasteiger partial charge in [0.15, 0.2) is 0 Å². The average molecular weight is 353 g/mol. The predicted molar refractivity (Wildman–Crippen MR) is 101 cm³/mol. The Bertz CT molecular complexity index is 780. The van der Waals surface area contributed by atoms with Crippen LogP contribution >= 0.6 is 0 Å². The molecule has 0 amide bonds. The Morgan fingerprint density at radius 1 is 1.27 bits per heavy atom. The summed E-state index contributed by atoms with van der Waals surface area (Å²) in [5.41, 5.74) is 2.99. The number of likely N-dealkylation sites (tertiary alicyclic amines) is 1. The van der Waals surface area contributed by atoms with Crippen molar-refractivity contribution in [1.82, 2.24) is 14.7 Å². The zero-order valence-corrected chi connectivity index (χ0v) is 15.4. The van der Waals surface area contributed by atoms with E-state index in [1.807, 2.05) is 19.2 Å². The Kier molecular flexibility index (Phi) is 4.57. The second-order valence-electron chi connectivity index (χ2n) is 8.09. The van der Waals surface area contributed by atoms with Crippen molar-refractivity contribution in [3.05, 3.63) is 42.1 Å². The van der Waals surface area contributed by atoms with E-state index in [1.54, 1.807) is 0 Å². The molecular formula is C21H27N3O2. The van der Waals surface area contributed by atoms with Crippen molar-refractivity contribution in [2.45, 2.75) is 51.6 Å². The zero-order chi connectivity index (χ0) is 18.1. The second kappa shape index (κ2) is 6.88. The van der Waals surface area contributed by atoms with Crippen molar-refractivity contribution >= 4 is 5.97 Å². The van der Waals surface area contributed by atoms with Crippen LogP contribution in [0.4, 0.5) is 0 Å². The molecule has 1 atom stereocenters. The van der Waals surface area contributed by atoms with Crippen molar-refractivity contribution < 1.29 is 9.90 Å². The van der Waals surface area contributed by atoms with Crippen LogP contribution in [0.2, 0.25) is 0 Å². The van der Waals surface area contributed by atoms with Crippen molar-refractivity contribution in [2.24, 2.45) is 5.41 Å². The van der Waals surface area contributed by atoms with Crippen LogP contribution in [-0.4, -0.2) is 38.8 Å². The molecule has 1 aromatic carbocycles. The number of carbonyl (C=O) groups is 1. The molecule has 0 spiro atoms. The number of rotatable bonds is 5. The molecule has 1 unspecified atom stereocenters. The predicted octanol–water partition coefficient (Wildman–Crippen LogP) is 3.96. The van der Waals surface area contributed by atoms with E-state index in [0.717, 1.165) is 13.1 Å². The molecular weight excluding hydrogens is 326 g/mol. The Morgan fingerprint density at radius 2 is 2.00 bits per heavy atom. The van der Waals surface area contributed by atoms with Crippen molar-refractivity contribution in [3.63, 3.8) is 0 Å². The SMILES string of the molecule is CC1(C(=O)O)CCN(Cc2cnn(C3CCCC3)c2-c2ccccc2)C1. The first-order valence-electron chi connectivity index (χ1n) is 9.64. The van der Waals surface area contributed by atoms with E-state index < -0.39 is 11.4 Å². The Morgan fingerprint density at radius 3 is 2.65 bits per heavy atom. The molecule has 1 N–H and O–H groups in total. The van der Waals surface area contributed by atoms with Gasteiger partial charge in [0.25, 0.3) is 0 Å². The molecule has 1 aromatic heterocycles. The van der Waals surface area contributed by atoms with Gasteiger partial charge in [0.2, 0.25) is 0 Å². The van der Waals surface area contributed by atoms with Gasteiger partial charge in [-0.1, -0.05) is 43.2 Å². The van der Waals surface area contributed by atoms with Gasteiger partial charge in [-0.2, -0.15) is 5.10 Å². The molecule has 1 aliphatic carbocycles. The molecule has 5 heteroatoms. The summed E-state index contributed by atoms with van der Waals surface area (Å²) in [5.74, 6) is -0.690. The Hall–Kier alpha value is -2.14. The summed E-state index contributed by atoms with van der Waals surface area (Å²) >= 11 is 0. The average Bonchev–Trinajstić information content (AvgIpc) is 3.36. The largest absolute Gasteiger partial charge is 0.481 e. The molecule has 0 bridgehead atoms. The van der Waals surface area contributed by atoms with E-state index in [4.69, 9.17) is 5.10 Å². The topological polar surface area (TPSA) is 58.4 Å². The fourth-order valence-electron chi connectivity index (χ4n) is 4.46.